The average Bonchev–Trinajstić information content (AvgIpc) is 2.36. The van der Waals surface area contributed by atoms with Gasteiger partial charge in [-0.15, -0.1) is 0 Å². The van der Waals surface area contributed by atoms with Gasteiger partial charge in [-0.1, -0.05) is 0 Å². The second-order valence-electron chi connectivity index (χ2n) is 5.57. The monoisotopic (exact) mass is 327 g/mol. The Kier molecular flexibility index (Phi) is 5.17. The molecule has 1 aliphatic rings. The molecule has 0 aromatic heterocycles. The summed E-state index contributed by atoms with van der Waals surface area (Å²) < 4.78 is 27.9. The van der Waals surface area contributed by atoms with Gasteiger partial charge in [0.2, 0.25) is 15.9 Å². The maximum Gasteiger partial charge on any atom is 0.238 e. The van der Waals surface area contributed by atoms with Crippen molar-refractivity contribution in [2.24, 2.45) is 5.14 Å². The van der Waals surface area contributed by atoms with Crippen molar-refractivity contribution < 1.29 is 17.9 Å². The summed E-state index contributed by atoms with van der Waals surface area (Å²) in [4.78, 5) is 14.1. The van der Waals surface area contributed by atoms with Gasteiger partial charge in [-0.2, -0.15) is 0 Å². The molecular formula is C14H21N3O4S. The Bertz CT molecular complexity index is 620. The number of sulfonamides is 1. The summed E-state index contributed by atoms with van der Waals surface area (Å²) in [7, 11) is -3.72. The maximum absolute atomic E-state index is 12.0. The summed E-state index contributed by atoms with van der Waals surface area (Å²) in [6, 6.07) is 5.76. The zero-order chi connectivity index (χ0) is 16.3. The molecule has 1 amide bonds. The largest absolute Gasteiger partial charge is 0.373 e. The lowest BCUT2D eigenvalue weighted by atomic mass is 10.2. The van der Waals surface area contributed by atoms with Crippen LogP contribution in [0, 0.1) is 0 Å². The lowest BCUT2D eigenvalue weighted by molar-refractivity contribution is -0.121. The number of nitrogens with two attached hydrogens (primary N) is 1. The number of amides is 1. The molecule has 122 valence electrons. The van der Waals surface area contributed by atoms with Gasteiger partial charge in [-0.3, -0.25) is 9.69 Å². The number of carbonyl (C=O) groups is 1. The van der Waals surface area contributed by atoms with Crippen LogP contribution in [0.25, 0.3) is 0 Å². The van der Waals surface area contributed by atoms with E-state index in [2.05, 4.69) is 5.32 Å². The molecule has 0 unspecified atom stereocenters. The Hall–Kier alpha value is -1.48. The molecule has 1 aromatic carbocycles. The first-order valence-corrected chi connectivity index (χ1v) is 8.59. The lowest BCUT2D eigenvalue weighted by Gasteiger charge is -2.34. The van der Waals surface area contributed by atoms with Crippen molar-refractivity contribution in [3.63, 3.8) is 0 Å². The molecule has 0 spiro atoms. The van der Waals surface area contributed by atoms with Gasteiger partial charge in [0.1, 0.15) is 0 Å². The van der Waals surface area contributed by atoms with Gasteiger partial charge in [0, 0.05) is 18.8 Å². The van der Waals surface area contributed by atoms with Crippen LogP contribution in [0.4, 0.5) is 5.69 Å². The van der Waals surface area contributed by atoms with Crippen LogP contribution in [-0.4, -0.2) is 51.1 Å². The molecule has 2 rings (SSSR count). The lowest BCUT2D eigenvalue weighted by Crippen LogP contribution is -2.48. The zero-order valence-corrected chi connectivity index (χ0v) is 13.5. The van der Waals surface area contributed by atoms with Crippen molar-refractivity contribution in [3.05, 3.63) is 24.3 Å². The van der Waals surface area contributed by atoms with Crippen LogP contribution in [0.5, 0.6) is 0 Å². The standard InChI is InChI=1S/C14H21N3O4S/c1-10-7-17(8-11(2)21-10)9-14(18)16-12-3-5-13(6-4-12)22(15,19)20/h3-6,10-11H,7-9H2,1-2H3,(H,16,18)(H2,15,19,20)/t10-,11+. The molecule has 1 aliphatic heterocycles. The molecule has 8 heteroatoms. The van der Waals surface area contributed by atoms with Crippen LogP contribution < -0.4 is 10.5 Å². The Morgan fingerprint density at radius 3 is 2.32 bits per heavy atom. The Labute approximate surface area is 130 Å². The fourth-order valence-corrected chi connectivity index (χ4v) is 3.06. The molecule has 7 nitrogen and oxygen atoms in total. The van der Waals surface area contributed by atoms with E-state index >= 15 is 0 Å². The van der Waals surface area contributed by atoms with Gasteiger partial charge in [-0.05, 0) is 38.1 Å². The number of nitrogens with one attached hydrogen (secondary N) is 1. The van der Waals surface area contributed by atoms with Crippen LogP contribution in [0.1, 0.15) is 13.8 Å². The van der Waals surface area contributed by atoms with Crippen LogP contribution >= 0.6 is 0 Å². The highest BCUT2D eigenvalue weighted by Crippen LogP contribution is 2.14. The van der Waals surface area contributed by atoms with Crippen molar-refractivity contribution in [2.45, 2.75) is 31.0 Å². The van der Waals surface area contributed by atoms with E-state index in [1.807, 2.05) is 18.7 Å². The molecule has 0 radical (unpaired) electrons. The summed E-state index contributed by atoms with van der Waals surface area (Å²) in [5.74, 6) is -0.148. The molecule has 1 aromatic rings. The van der Waals surface area contributed by atoms with Crippen molar-refractivity contribution in [2.75, 3.05) is 25.0 Å². The van der Waals surface area contributed by atoms with Crippen LogP contribution in [0.2, 0.25) is 0 Å². The van der Waals surface area contributed by atoms with Crippen molar-refractivity contribution in [1.29, 1.82) is 0 Å². The normalized spacial score (nSPS) is 23.2. The number of hydrogen-bond acceptors (Lipinski definition) is 5. The molecule has 0 bridgehead atoms. The third-order valence-electron chi connectivity index (χ3n) is 3.33. The number of anilines is 1. The number of hydrogen-bond donors (Lipinski definition) is 2. The fraction of sp³-hybridized carbons (Fsp3) is 0.500. The number of ether oxygens (including phenoxy) is 1. The first kappa shape index (κ1) is 16.9. The van der Waals surface area contributed by atoms with Crippen molar-refractivity contribution >= 4 is 21.6 Å². The van der Waals surface area contributed by atoms with Gasteiger partial charge in [-0.25, -0.2) is 13.6 Å². The second-order valence-corrected chi connectivity index (χ2v) is 7.13. The summed E-state index contributed by atoms with van der Waals surface area (Å²) in [5, 5.41) is 7.76. The third kappa shape index (κ3) is 4.77. The first-order chi connectivity index (χ1) is 10.2. The van der Waals surface area contributed by atoms with Crippen LogP contribution in [0.15, 0.2) is 29.2 Å². The second kappa shape index (κ2) is 6.74. The first-order valence-electron chi connectivity index (χ1n) is 7.04. The zero-order valence-electron chi connectivity index (χ0n) is 12.7. The summed E-state index contributed by atoms with van der Waals surface area (Å²) in [5.41, 5.74) is 0.534. The predicted octanol–water partition coefficient (Wildman–Crippen LogP) is 0.382. The molecule has 22 heavy (non-hydrogen) atoms. The van der Waals surface area contributed by atoms with E-state index in [0.29, 0.717) is 18.8 Å². The SMILES string of the molecule is C[C@@H]1CN(CC(=O)Nc2ccc(S(N)(=O)=O)cc2)C[C@H](C)O1. The summed E-state index contributed by atoms with van der Waals surface area (Å²) in [6.45, 7) is 5.65. The maximum atomic E-state index is 12.0. The third-order valence-corrected chi connectivity index (χ3v) is 4.26. The molecule has 0 aliphatic carbocycles. The number of benzene rings is 1. The number of rotatable bonds is 4. The quantitative estimate of drug-likeness (QED) is 0.832. The number of nitrogens with zero attached hydrogens (tertiary/aromatic N) is 1. The van der Waals surface area contributed by atoms with E-state index in [1.54, 1.807) is 0 Å². The number of carbonyl (C=O) groups excluding carboxylic acids is 1. The number of morpholine rings is 1. The molecule has 0 saturated carbocycles. The molecule has 1 heterocycles. The van der Waals surface area contributed by atoms with E-state index < -0.39 is 10.0 Å². The van der Waals surface area contributed by atoms with E-state index in [-0.39, 0.29) is 29.6 Å². The minimum Gasteiger partial charge on any atom is -0.373 e. The van der Waals surface area contributed by atoms with Crippen LogP contribution in [0.3, 0.4) is 0 Å². The van der Waals surface area contributed by atoms with E-state index in [1.165, 1.54) is 24.3 Å². The summed E-state index contributed by atoms with van der Waals surface area (Å²) in [6.07, 6.45) is 0.205. The Morgan fingerprint density at radius 2 is 1.82 bits per heavy atom. The van der Waals surface area contributed by atoms with Gasteiger partial charge >= 0.3 is 0 Å². The van der Waals surface area contributed by atoms with Crippen molar-refractivity contribution in [1.82, 2.24) is 4.90 Å². The highest BCUT2D eigenvalue weighted by Gasteiger charge is 2.23. The van der Waals surface area contributed by atoms with Gasteiger partial charge < -0.3 is 10.1 Å². The Morgan fingerprint density at radius 1 is 1.27 bits per heavy atom. The molecule has 1 fully saturated rings. The molecular weight excluding hydrogens is 306 g/mol. The van der Waals surface area contributed by atoms with Gasteiger partial charge in [0.05, 0.1) is 23.6 Å². The van der Waals surface area contributed by atoms with Crippen LogP contribution in [-0.2, 0) is 19.6 Å². The molecule has 3 N–H and O–H groups in total. The minimum absolute atomic E-state index is 0.0151. The topological polar surface area (TPSA) is 102 Å². The predicted molar refractivity (Wildman–Crippen MR) is 82.9 cm³/mol. The minimum atomic E-state index is -3.72. The highest BCUT2D eigenvalue weighted by atomic mass is 32.2. The number of primary sulfonamides is 1. The molecule has 1 saturated heterocycles. The smallest absolute Gasteiger partial charge is 0.238 e. The Balaban J connectivity index is 1.92. The fourth-order valence-electron chi connectivity index (χ4n) is 2.55. The summed E-state index contributed by atoms with van der Waals surface area (Å²) >= 11 is 0. The van der Waals surface area contributed by atoms with E-state index in [9.17, 15) is 13.2 Å². The highest BCUT2D eigenvalue weighted by molar-refractivity contribution is 7.89. The van der Waals surface area contributed by atoms with E-state index in [4.69, 9.17) is 9.88 Å². The van der Waals surface area contributed by atoms with Crippen molar-refractivity contribution in [3.8, 4) is 0 Å². The van der Waals surface area contributed by atoms with E-state index in [0.717, 1.165) is 0 Å². The van der Waals surface area contributed by atoms with Gasteiger partial charge in [0.15, 0.2) is 0 Å². The average molecular weight is 327 g/mol. The van der Waals surface area contributed by atoms with Gasteiger partial charge in [0.25, 0.3) is 0 Å². The molecule has 2 atom stereocenters.